The maximum absolute atomic E-state index is 13.0. The van der Waals surface area contributed by atoms with E-state index in [0.717, 1.165) is 12.1 Å². The average Bonchev–Trinajstić information content (AvgIpc) is 2.29. The lowest BCUT2D eigenvalue weighted by atomic mass is 9.96. The minimum atomic E-state index is -1.02. The summed E-state index contributed by atoms with van der Waals surface area (Å²) in [4.78, 5) is 0. The maximum atomic E-state index is 13.0. The molecule has 0 amide bonds. The molecule has 0 saturated carbocycles. The van der Waals surface area contributed by atoms with Gasteiger partial charge < -0.3 is 15.2 Å². The first-order valence-corrected chi connectivity index (χ1v) is 5.80. The fraction of sp³-hybridized carbons (Fsp3) is 0.538. The number of hydrogen-bond acceptors (Lipinski definition) is 3. The number of nitrogens with one attached hydrogen (secondary N) is 1. The van der Waals surface area contributed by atoms with Crippen LogP contribution in [0.15, 0.2) is 18.2 Å². The van der Waals surface area contributed by atoms with Crippen molar-refractivity contribution >= 4 is 0 Å². The van der Waals surface area contributed by atoms with Gasteiger partial charge in [-0.25, -0.2) is 8.78 Å². The van der Waals surface area contributed by atoms with Gasteiger partial charge in [0, 0.05) is 26.6 Å². The first-order valence-electron chi connectivity index (χ1n) is 5.80. The van der Waals surface area contributed by atoms with E-state index in [2.05, 4.69) is 5.32 Å². The van der Waals surface area contributed by atoms with Gasteiger partial charge in [0.2, 0.25) is 0 Å². The molecule has 1 rings (SSSR count). The van der Waals surface area contributed by atoms with Crippen molar-refractivity contribution < 1.29 is 18.6 Å². The molecular formula is C13H19F2NO2. The monoisotopic (exact) mass is 259 g/mol. The molecule has 1 atom stereocenters. The van der Waals surface area contributed by atoms with E-state index >= 15 is 0 Å². The van der Waals surface area contributed by atoms with E-state index in [-0.39, 0.29) is 6.42 Å². The normalized spacial score (nSPS) is 14.5. The highest BCUT2D eigenvalue weighted by molar-refractivity contribution is 5.19. The molecular weight excluding hydrogens is 240 g/mol. The van der Waals surface area contributed by atoms with Gasteiger partial charge in [-0.3, -0.25) is 0 Å². The van der Waals surface area contributed by atoms with E-state index in [4.69, 9.17) is 4.74 Å². The summed E-state index contributed by atoms with van der Waals surface area (Å²) in [6.45, 7) is 3.19. The van der Waals surface area contributed by atoms with Gasteiger partial charge in [-0.15, -0.1) is 0 Å². The Bertz CT molecular complexity index is 383. The highest BCUT2D eigenvalue weighted by atomic mass is 19.2. The molecule has 1 aromatic carbocycles. The lowest BCUT2D eigenvalue weighted by Gasteiger charge is -2.24. The fourth-order valence-electron chi connectivity index (χ4n) is 1.68. The van der Waals surface area contributed by atoms with E-state index in [1.807, 2.05) is 0 Å². The van der Waals surface area contributed by atoms with Crippen LogP contribution in [0.3, 0.4) is 0 Å². The molecule has 0 spiro atoms. The third-order valence-corrected chi connectivity index (χ3v) is 2.56. The van der Waals surface area contributed by atoms with Crippen LogP contribution in [0.4, 0.5) is 8.78 Å². The Morgan fingerprint density at radius 2 is 2.06 bits per heavy atom. The maximum Gasteiger partial charge on any atom is 0.159 e. The zero-order valence-electron chi connectivity index (χ0n) is 10.7. The molecule has 0 aliphatic carbocycles. The predicted molar refractivity (Wildman–Crippen MR) is 65.4 cm³/mol. The molecule has 1 aromatic rings. The van der Waals surface area contributed by atoms with E-state index in [0.29, 0.717) is 25.3 Å². The van der Waals surface area contributed by atoms with Crippen LogP contribution in [0.5, 0.6) is 0 Å². The Kier molecular flexibility index (Phi) is 5.65. The van der Waals surface area contributed by atoms with Crippen molar-refractivity contribution in [1.29, 1.82) is 0 Å². The van der Waals surface area contributed by atoms with Crippen LogP contribution in [0.25, 0.3) is 0 Å². The molecule has 0 aliphatic rings. The summed E-state index contributed by atoms with van der Waals surface area (Å²) in [5.74, 6) is -1.77. The lowest BCUT2D eigenvalue weighted by molar-refractivity contribution is 0.0580. The molecule has 1 unspecified atom stereocenters. The van der Waals surface area contributed by atoms with Gasteiger partial charge in [-0.2, -0.15) is 0 Å². The molecule has 0 bridgehead atoms. The number of ether oxygens (including phenoxy) is 1. The van der Waals surface area contributed by atoms with E-state index < -0.39 is 17.2 Å². The third kappa shape index (κ3) is 5.08. The van der Waals surface area contributed by atoms with Crippen molar-refractivity contribution in [2.24, 2.45) is 0 Å². The van der Waals surface area contributed by atoms with Crippen LogP contribution < -0.4 is 5.32 Å². The van der Waals surface area contributed by atoms with Crippen LogP contribution >= 0.6 is 0 Å². The summed E-state index contributed by atoms with van der Waals surface area (Å²) in [7, 11) is 1.60. The Labute approximate surface area is 106 Å². The molecule has 18 heavy (non-hydrogen) atoms. The topological polar surface area (TPSA) is 41.5 Å². The summed E-state index contributed by atoms with van der Waals surface area (Å²) in [5.41, 5.74) is -0.453. The third-order valence-electron chi connectivity index (χ3n) is 2.56. The number of halogens is 2. The highest BCUT2D eigenvalue weighted by Gasteiger charge is 2.21. The van der Waals surface area contributed by atoms with Crippen LogP contribution in [0, 0.1) is 11.6 Å². The molecule has 0 aliphatic heterocycles. The minimum absolute atomic E-state index is 0.254. The van der Waals surface area contributed by atoms with Crippen LogP contribution in [-0.2, 0) is 11.2 Å². The fourth-order valence-corrected chi connectivity index (χ4v) is 1.68. The van der Waals surface area contributed by atoms with Crippen molar-refractivity contribution in [3.05, 3.63) is 35.4 Å². The van der Waals surface area contributed by atoms with Gasteiger partial charge in [-0.1, -0.05) is 6.07 Å². The van der Waals surface area contributed by atoms with Crippen molar-refractivity contribution in [2.45, 2.75) is 18.9 Å². The summed E-state index contributed by atoms with van der Waals surface area (Å²) in [5, 5.41) is 13.1. The SMILES string of the molecule is COCCNCC(C)(O)Cc1ccc(F)c(F)c1. The molecule has 2 N–H and O–H groups in total. The van der Waals surface area contributed by atoms with Crippen molar-refractivity contribution in [2.75, 3.05) is 26.8 Å². The van der Waals surface area contributed by atoms with Crippen LogP contribution in [-0.4, -0.2) is 37.5 Å². The van der Waals surface area contributed by atoms with Gasteiger partial charge in [-0.05, 0) is 24.6 Å². The summed E-state index contributed by atoms with van der Waals surface area (Å²) in [6, 6.07) is 3.65. The van der Waals surface area contributed by atoms with Gasteiger partial charge in [0.25, 0.3) is 0 Å². The first-order chi connectivity index (χ1) is 8.44. The number of hydrogen-bond donors (Lipinski definition) is 2. The molecule has 0 heterocycles. The Morgan fingerprint density at radius 3 is 2.67 bits per heavy atom. The second-order valence-corrected chi connectivity index (χ2v) is 4.59. The van der Waals surface area contributed by atoms with Crippen molar-refractivity contribution in [1.82, 2.24) is 5.32 Å². The summed E-state index contributed by atoms with van der Waals surface area (Å²) >= 11 is 0. The van der Waals surface area contributed by atoms with Crippen LogP contribution in [0.2, 0.25) is 0 Å². The minimum Gasteiger partial charge on any atom is -0.389 e. The van der Waals surface area contributed by atoms with Gasteiger partial charge in [0.1, 0.15) is 0 Å². The molecule has 0 fully saturated rings. The largest absolute Gasteiger partial charge is 0.389 e. The van der Waals surface area contributed by atoms with Gasteiger partial charge in [0.05, 0.1) is 12.2 Å². The lowest BCUT2D eigenvalue weighted by Crippen LogP contribution is -2.40. The zero-order chi connectivity index (χ0) is 13.6. The van der Waals surface area contributed by atoms with Gasteiger partial charge >= 0.3 is 0 Å². The number of rotatable bonds is 7. The number of methoxy groups -OCH3 is 1. The molecule has 5 heteroatoms. The molecule has 0 radical (unpaired) electrons. The van der Waals surface area contributed by atoms with Gasteiger partial charge in [0.15, 0.2) is 11.6 Å². The molecule has 0 saturated heterocycles. The van der Waals surface area contributed by atoms with Crippen LogP contribution in [0.1, 0.15) is 12.5 Å². The van der Waals surface area contributed by atoms with Crippen molar-refractivity contribution in [3.8, 4) is 0 Å². The van der Waals surface area contributed by atoms with E-state index in [1.54, 1.807) is 14.0 Å². The molecule has 102 valence electrons. The molecule has 0 aromatic heterocycles. The second kappa shape index (κ2) is 6.78. The summed E-state index contributed by atoms with van der Waals surface area (Å²) in [6.07, 6.45) is 0.254. The first kappa shape index (κ1) is 15.0. The number of benzene rings is 1. The Balaban J connectivity index is 2.50. The zero-order valence-corrected chi connectivity index (χ0v) is 10.7. The number of aliphatic hydroxyl groups is 1. The Hall–Kier alpha value is -1.04. The summed E-state index contributed by atoms with van der Waals surface area (Å²) < 4.78 is 30.6. The molecule has 3 nitrogen and oxygen atoms in total. The standard InChI is InChI=1S/C13H19F2NO2/c1-13(17,9-16-5-6-18-2)8-10-3-4-11(14)12(15)7-10/h3-4,7,16-17H,5-6,8-9H2,1-2H3. The predicted octanol–water partition coefficient (Wildman–Crippen LogP) is 1.49. The smallest absolute Gasteiger partial charge is 0.159 e. The average molecular weight is 259 g/mol. The van der Waals surface area contributed by atoms with E-state index in [9.17, 15) is 13.9 Å². The highest BCUT2D eigenvalue weighted by Crippen LogP contribution is 2.15. The quantitative estimate of drug-likeness (QED) is 0.729. The van der Waals surface area contributed by atoms with E-state index in [1.165, 1.54) is 6.07 Å². The second-order valence-electron chi connectivity index (χ2n) is 4.59. The Morgan fingerprint density at radius 1 is 1.33 bits per heavy atom. The van der Waals surface area contributed by atoms with Crippen molar-refractivity contribution in [3.63, 3.8) is 0 Å².